The molecule has 0 aliphatic heterocycles. The topological polar surface area (TPSA) is 61.4 Å². The summed E-state index contributed by atoms with van der Waals surface area (Å²) in [6.07, 6.45) is 3.35. The highest BCUT2D eigenvalue weighted by atomic mass is 16.3. The van der Waals surface area contributed by atoms with Crippen molar-refractivity contribution in [3.63, 3.8) is 0 Å². The molecule has 0 bridgehead atoms. The molecule has 1 fully saturated rings. The number of carbonyl (C=O) groups excluding carboxylic acids is 1. The molecule has 1 aliphatic carbocycles. The highest BCUT2D eigenvalue weighted by Gasteiger charge is 2.40. The van der Waals surface area contributed by atoms with Crippen molar-refractivity contribution in [1.29, 1.82) is 0 Å². The quantitative estimate of drug-likeness (QED) is 0.650. The van der Waals surface area contributed by atoms with Crippen LogP contribution in [0.4, 0.5) is 0 Å². The van der Waals surface area contributed by atoms with E-state index >= 15 is 0 Å². The van der Waals surface area contributed by atoms with E-state index in [9.17, 15) is 9.90 Å². The van der Waals surface area contributed by atoms with E-state index in [1.807, 2.05) is 48.5 Å². The van der Waals surface area contributed by atoms with Gasteiger partial charge in [-0.15, -0.1) is 0 Å². The van der Waals surface area contributed by atoms with Crippen LogP contribution in [0.15, 0.2) is 60.7 Å². The van der Waals surface area contributed by atoms with Gasteiger partial charge in [0.1, 0.15) is 0 Å². The van der Waals surface area contributed by atoms with Gasteiger partial charge in [0.15, 0.2) is 0 Å². The van der Waals surface area contributed by atoms with Gasteiger partial charge in [0, 0.05) is 17.6 Å². The van der Waals surface area contributed by atoms with Crippen molar-refractivity contribution in [3.05, 3.63) is 71.8 Å². The first kappa shape index (κ1) is 18.6. The molecule has 1 saturated carbocycles. The van der Waals surface area contributed by atoms with E-state index in [0.29, 0.717) is 18.5 Å². The van der Waals surface area contributed by atoms with Gasteiger partial charge in [0.2, 0.25) is 0 Å². The Morgan fingerprint density at radius 1 is 1.08 bits per heavy atom. The average Bonchev–Trinajstić information content (AvgIpc) is 3.47. The maximum absolute atomic E-state index is 12.6. The molecule has 0 aromatic heterocycles. The molecular weight excluding hydrogens is 324 g/mol. The van der Waals surface area contributed by atoms with E-state index in [2.05, 4.69) is 17.6 Å². The normalized spacial score (nSPS) is 17.3. The maximum atomic E-state index is 12.6. The molecule has 2 aromatic carbocycles. The summed E-state index contributed by atoms with van der Waals surface area (Å²) in [6.45, 7) is 2.66. The van der Waals surface area contributed by atoms with E-state index in [4.69, 9.17) is 0 Å². The van der Waals surface area contributed by atoms with Crippen molar-refractivity contribution in [3.8, 4) is 0 Å². The second-order valence-electron chi connectivity index (χ2n) is 7.22. The number of hydrogen-bond donors (Lipinski definition) is 3. The van der Waals surface area contributed by atoms with Crippen molar-refractivity contribution < 1.29 is 9.90 Å². The van der Waals surface area contributed by atoms with Crippen LogP contribution in [-0.2, 0) is 6.42 Å². The minimum absolute atomic E-state index is 0.151. The van der Waals surface area contributed by atoms with Gasteiger partial charge in [-0.1, -0.05) is 55.5 Å². The number of aliphatic hydroxyl groups excluding tert-OH is 1. The van der Waals surface area contributed by atoms with Gasteiger partial charge >= 0.3 is 0 Å². The highest BCUT2D eigenvalue weighted by molar-refractivity contribution is 5.94. The van der Waals surface area contributed by atoms with Crippen LogP contribution in [-0.4, -0.2) is 35.2 Å². The van der Waals surface area contributed by atoms with Crippen molar-refractivity contribution in [2.45, 2.75) is 50.3 Å². The zero-order valence-electron chi connectivity index (χ0n) is 15.3. The van der Waals surface area contributed by atoms with Gasteiger partial charge in [-0.25, -0.2) is 0 Å². The van der Waals surface area contributed by atoms with Crippen LogP contribution in [0.1, 0.15) is 42.1 Å². The Balaban J connectivity index is 1.67. The van der Waals surface area contributed by atoms with Crippen molar-refractivity contribution in [2.24, 2.45) is 0 Å². The van der Waals surface area contributed by atoms with Crippen LogP contribution in [0.2, 0.25) is 0 Å². The lowest BCUT2D eigenvalue weighted by atomic mass is 10.00. The SMILES string of the molecule is CCC1(NC[C@H](O)[C@H](Cc2ccccc2)NC(=O)c2ccccc2)CC1. The lowest BCUT2D eigenvalue weighted by Crippen LogP contribution is -2.50. The molecule has 4 heteroatoms. The molecule has 2 aromatic rings. The lowest BCUT2D eigenvalue weighted by molar-refractivity contribution is 0.0822. The molecule has 1 amide bonds. The summed E-state index contributed by atoms with van der Waals surface area (Å²) in [5, 5.41) is 17.3. The fourth-order valence-corrected chi connectivity index (χ4v) is 3.26. The minimum Gasteiger partial charge on any atom is -0.390 e. The molecule has 0 saturated heterocycles. The number of hydrogen-bond acceptors (Lipinski definition) is 3. The molecular formula is C22H28N2O2. The lowest BCUT2D eigenvalue weighted by Gasteiger charge is -2.27. The van der Waals surface area contributed by atoms with Gasteiger partial charge in [-0.3, -0.25) is 4.79 Å². The number of rotatable bonds is 9. The van der Waals surface area contributed by atoms with Gasteiger partial charge in [0.25, 0.3) is 5.91 Å². The predicted molar refractivity (Wildman–Crippen MR) is 104 cm³/mol. The third kappa shape index (κ3) is 4.93. The molecule has 0 heterocycles. The van der Waals surface area contributed by atoms with Crippen LogP contribution in [0.5, 0.6) is 0 Å². The summed E-state index contributed by atoms with van der Waals surface area (Å²) in [4.78, 5) is 12.6. The second-order valence-corrected chi connectivity index (χ2v) is 7.22. The van der Waals surface area contributed by atoms with Gasteiger partial charge in [-0.05, 0) is 43.4 Å². The Hall–Kier alpha value is -2.17. The maximum Gasteiger partial charge on any atom is 0.251 e. The monoisotopic (exact) mass is 352 g/mol. The van der Waals surface area contributed by atoms with Gasteiger partial charge < -0.3 is 15.7 Å². The molecule has 3 N–H and O–H groups in total. The predicted octanol–water partition coefficient (Wildman–Crippen LogP) is 2.92. The fourth-order valence-electron chi connectivity index (χ4n) is 3.26. The summed E-state index contributed by atoms with van der Waals surface area (Å²) in [5.74, 6) is -0.151. The molecule has 3 rings (SSSR count). The first-order valence-corrected chi connectivity index (χ1v) is 9.45. The zero-order valence-corrected chi connectivity index (χ0v) is 15.3. The van der Waals surface area contributed by atoms with Crippen molar-refractivity contribution in [2.75, 3.05) is 6.54 Å². The molecule has 2 atom stereocenters. The van der Waals surface area contributed by atoms with E-state index < -0.39 is 6.10 Å². The zero-order chi connectivity index (χ0) is 18.4. The molecule has 138 valence electrons. The van der Waals surface area contributed by atoms with Crippen LogP contribution >= 0.6 is 0 Å². The van der Waals surface area contributed by atoms with E-state index in [1.54, 1.807) is 12.1 Å². The van der Waals surface area contributed by atoms with E-state index in [1.165, 1.54) is 0 Å². The fraction of sp³-hybridized carbons (Fsp3) is 0.409. The molecule has 1 aliphatic rings. The Kier molecular flexibility index (Phi) is 6.07. The Labute approximate surface area is 155 Å². The Morgan fingerprint density at radius 2 is 1.69 bits per heavy atom. The molecule has 0 spiro atoms. The Morgan fingerprint density at radius 3 is 2.27 bits per heavy atom. The van der Waals surface area contributed by atoms with Gasteiger partial charge in [-0.2, -0.15) is 0 Å². The van der Waals surface area contributed by atoms with Gasteiger partial charge in [0.05, 0.1) is 12.1 Å². The highest BCUT2D eigenvalue weighted by Crippen LogP contribution is 2.38. The summed E-state index contributed by atoms with van der Waals surface area (Å²) in [5.41, 5.74) is 1.90. The summed E-state index contributed by atoms with van der Waals surface area (Å²) < 4.78 is 0. The first-order chi connectivity index (χ1) is 12.6. The van der Waals surface area contributed by atoms with Crippen molar-refractivity contribution >= 4 is 5.91 Å². The largest absolute Gasteiger partial charge is 0.390 e. The van der Waals surface area contributed by atoms with Crippen LogP contribution < -0.4 is 10.6 Å². The van der Waals surface area contributed by atoms with Crippen LogP contribution in [0.3, 0.4) is 0 Å². The van der Waals surface area contributed by atoms with E-state index in [-0.39, 0.29) is 17.5 Å². The smallest absolute Gasteiger partial charge is 0.251 e. The third-order valence-corrected chi connectivity index (χ3v) is 5.33. The number of nitrogens with one attached hydrogen (secondary N) is 2. The summed E-state index contributed by atoms with van der Waals surface area (Å²) >= 11 is 0. The molecule has 26 heavy (non-hydrogen) atoms. The molecule has 4 nitrogen and oxygen atoms in total. The number of amides is 1. The Bertz CT molecular complexity index is 699. The number of benzene rings is 2. The molecule has 0 radical (unpaired) electrons. The number of carbonyl (C=O) groups is 1. The first-order valence-electron chi connectivity index (χ1n) is 9.45. The third-order valence-electron chi connectivity index (χ3n) is 5.33. The molecule has 0 unspecified atom stereocenters. The number of β-amino-alcohol motifs (C(OH)–C–C–N with tert-alkyl or cyclic N) is 1. The van der Waals surface area contributed by atoms with E-state index in [0.717, 1.165) is 24.8 Å². The van der Waals surface area contributed by atoms with Crippen LogP contribution in [0, 0.1) is 0 Å². The minimum atomic E-state index is -0.646. The summed E-state index contributed by atoms with van der Waals surface area (Å²) in [7, 11) is 0. The standard InChI is InChI=1S/C22H28N2O2/c1-2-22(13-14-22)23-16-20(25)19(15-17-9-5-3-6-10-17)24-21(26)18-11-7-4-8-12-18/h3-12,19-20,23,25H,2,13-16H2,1H3,(H,24,26)/t19-,20-/m0/s1. The van der Waals surface area contributed by atoms with Crippen molar-refractivity contribution in [1.82, 2.24) is 10.6 Å². The summed E-state index contributed by atoms with van der Waals surface area (Å²) in [6, 6.07) is 18.8. The number of aliphatic hydroxyl groups is 1. The van der Waals surface area contributed by atoms with Crippen LogP contribution in [0.25, 0.3) is 0 Å². The average molecular weight is 352 g/mol. The second kappa shape index (κ2) is 8.47.